The molecule has 3 heteroatoms. The molecule has 0 amide bonds. The molecular weight excluding hydrogens is 176 g/mol. The summed E-state index contributed by atoms with van der Waals surface area (Å²) >= 11 is 0. The second-order valence-corrected chi connectivity index (χ2v) is 3.02. The van der Waals surface area contributed by atoms with Crippen molar-refractivity contribution in [3.63, 3.8) is 0 Å². The minimum absolute atomic E-state index is 0.564. The minimum atomic E-state index is 0.564. The summed E-state index contributed by atoms with van der Waals surface area (Å²) in [4.78, 5) is 4.14. The van der Waals surface area contributed by atoms with Crippen molar-refractivity contribution in [1.82, 2.24) is 4.98 Å². The average Bonchev–Trinajstić information content (AvgIpc) is 2.68. The van der Waals surface area contributed by atoms with E-state index in [0.717, 1.165) is 11.3 Å². The maximum absolute atomic E-state index is 5.52. The summed E-state index contributed by atoms with van der Waals surface area (Å²) in [6, 6.07) is 9.90. The predicted octanol–water partition coefficient (Wildman–Crippen LogP) is 1.84. The third-order valence-electron chi connectivity index (χ3n) is 1.97. The summed E-state index contributed by atoms with van der Waals surface area (Å²) in [7, 11) is 0. The molecule has 0 aliphatic carbocycles. The Bertz CT molecular complexity index is 395. The molecule has 0 unspecified atom stereocenters. The fourth-order valence-corrected chi connectivity index (χ4v) is 1.29. The third kappa shape index (κ3) is 1.83. The smallest absolute Gasteiger partial charge is 0.196 e. The van der Waals surface area contributed by atoms with E-state index in [1.807, 2.05) is 30.3 Å². The molecule has 0 saturated carbocycles. The lowest BCUT2D eigenvalue weighted by atomic mass is 10.2. The lowest BCUT2D eigenvalue weighted by Crippen LogP contribution is -2.02. The van der Waals surface area contributed by atoms with Gasteiger partial charge in [0.1, 0.15) is 0 Å². The molecule has 1 aromatic heterocycles. The van der Waals surface area contributed by atoms with Crippen molar-refractivity contribution in [2.45, 2.75) is 6.42 Å². The van der Waals surface area contributed by atoms with Crippen molar-refractivity contribution >= 4 is 0 Å². The molecule has 0 saturated heterocycles. The first-order valence-corrected chi connectivity index (χ1v) is 4.60. The van der Waals surface area contributed by atoms with Gasteiger partial charge in [0, 0.05) is 18.5 Å². The molecular formula is C11H12N2O. The van der Waals surface area contributed by atoms with Crippen molar-refractivity contribution in [2.24, 2.45) is 5.73 Å². The van der Waals surface area contributed by atoms with E-state index in [1.165, 1.54) is 0 Å². The fraction of sp³-hybridized carbons (Fsp3) is 0.182. The normalized spacial score (nSPS) is 10.4. The summed E-state index contributed by atoms with van der Waals surface area (Å²) in [5.74, 6) is 1.50. The zero-order valence-electron chi connectivity index (χ0n) is 7.81. The van der Waals surface area contributed by atoms with Crippen LogP contribution in [0.4, 0.5) is 0 Å². The van der Waals surface area contributed by atoms with Crippen LogP contribution in [0.5, 0.6) is 0 Å². The van der Waals surface area contributed by atoms with Gasteiger partial charge in [-0.1, -0.05) is 30.3 Å². The van der Waals surface area contributed by atoms with Gasteiger partial charge in [0.25, 0.3) is 0 Å². The molecule has 0 fully saturated rings. The van der Waals surface area contributed by atoms with Crippen LogP contribution >= 0.6 is 0 Å². The number of nitrogens with two attached hydrogens (primary N) is 1. The molecule has 2 rings (SSSR count). The third-order valence-corrected chi connectivity index (χ3v) is 1.97. The van der Waals surface area contributed by atoms with Crippen molar-refractivity contribution in [1.29, 1.82) is 0 Å². The molecule has 14 heavy (non-hydrogen) atoms. The van der Waals surface area contributed by atoms with E-state index in [2.05, 4.69) is 4.98 Å². The summed E-state index contributed by atoms with van der Waals surface area (Å²) in [6.45, 7) is 0.564. The van der Waals surface area contributed by atoms with E-state index < -0.39 is 0 Å². The number of oxazole rings is 1. The monoisotopic (exact) mass is 188 g/mol. The predicted molar refractivity (Wildman–Crippen MR) is 54.7 cm³/mol. The van der Waals surface area contributed by atoms with Gasteiger partial charge in [0.2, 0.25) is 0 Å². The van der Waals surface area contributed by atoms with Crippen LogP contribution in [-0.4, -0.2) is 11.5 Å². The number of hydrogen-bond acceptors (Lipinski definition) is 3. The highest BCUT2D eigenvalue weighted by Gasteiger charge is 2.04. The van der Waals surface area contributed by atoms with Gasteiger partial charge < -0.3 is 10.2 Å². The number of hydrogen-bond donors (Lipinski definition) is 1. The Labute approximate surface area is 82.6 Å². The van der Waals surface area contributed by atoms with Gasteiger partial charge in [0.15, 0.2) is 11.7 Å². The molecule has 2 aromatic rings. The van der Waals surface area contributed by atoms with Gasteiger partial charge >= 0.3 is 0 Å². The van der Waals surface area contributed by atoms with Crippen LogP contribution in [-0.2, 0) is 6.42 Å². The van der Waals surface area contributed by atoms with Gasteiger partial charge in [-0.15, -0.1) is 0 Å². The van der Waals surface area contributed by atoms with Gasteiger partial charge in [-0.05, 0) is 0 Å². The lowest BCUT2D eigenvalue weighted by molar-refractivity contribution is 0.508. The number of nitrogens with zero attached hydrogens (tertiary/aromatic N) is 1. The highest BCUT2D eigenvalue weighted by molar-refractivity contribution is 5.55. The zero-order valence-corrected chi connectivity index (χ0v) is 7.81. The first-order valence-electron chi connectivity index (χ1n) is 4.60. The fourth-order valence-electron chi connectivity index (χ4n) is 1.29. The van der Waals surface area contributed by atoms with Crippen molar-refractivity contribution in [3.05, 3.63) is 42.4 Å². The molecule has 3 nitrogen and oxygen atoms in total. The van der Waals surface area contributed by atoms with Crippen molar-refractivity contribution < 1.29 is 4.42 Å². The maximum atomic E-state index is 5.52. The van der Waals surface area contributed by atoms with Gasteiger partial charge in [-0.2, -0.15) is 0 Å². The Morgan fingerprint density at radius 2 is 2.00 bits per heavy atom. The van der Waals surface area contributed by atoms with Crippen LogP contribution in [0.1, 0.15) is 5.89 Å². The number of rotatable bonds is 3. The topological polar surface area (TPSA) is 52.0 Å². The Morgan fingerprint density at radius 3 is 2.71 bits per heavy atom. The van der Waals surface area contributed by atoms with Crippen LogP contribution in [0.15, 0.2) is 40.9 Å². The first-order chi connectivity index (χ1) is 6.90. The molecule has 0 aliphatic rings. The molecule has 0 spiro atoms. The molecule has 0 radical (unpaired) electrons. The molecule has 1 heterocycles. The van der Waals surface area contributed by atoms with E-state index in [-0.39, 0.29) is 0 Å². The van der Waals surface area contributed by atoms with Gasteiger partial charge in [0.05, 0.1) is 6.20 Å². The van der Waals surface area contributed by atoms with Crippen molar-refractivity contribution in [2.75, 3.05) is 6.54 Å². The molecule has 2 N–H and O–H groups in total. The van der Waals surface area contributed by atoms with Gasteiger partial charge in [-0.25, -0.2) is 4.98 Å². The molecule has 0 atom stereocenters. The van der Waals surface area contributed by atoms with E-state index in [0.29, 0.717) is 18.9 Å². The lowest BCUT2D eigenvalue weighted by Gasteiger charge is -1.93. The first kappa shape index (κ1) is 8.97. The quantitative estimate of drug-likeness (QED) is 0.799. The van der Waals surface area contributed by atoms with E-state index in [1.54, 1.807) is 6.20 Å². The Kier molecular flexibility index (Phi) is 2.60. The Hall–Kier alpha value is -1.61. The van der Waals surface area contributed by atoms with Gasteiger partial charge in [-0.3, -0.25) is 0 Å². The molecule has 1 aromatic carbocycles. The maximum Gasteiger partial charge on any atom is 0.196 e. The highest BCUT2D eigenvalue weighted by atomic mass is 16.4. The van der Waals surface area contributed by atoms with Crippen LogP contribution in [0, 0.1) is 0 Å². The highest BCUT2D eigenvalue weighted by Crippen LogP contribution is 2.19. The minimum Gasteiger partial charge on any atom is -0.441 e. The van der Waals surface area contributed by atoms with Crippen molar-refractivity contribution in [3.8, 4) is 11.3 Å². The second-order valence-electron chi connectivity index (χ2n) is 3.02. The Morgan fingerprint density at radius 1 is 1.21 bits per heavy atom. The van der Waals surface area contributed by atoms with Crippen LogP contribution < -0.4 is 5.73 Å². The summed E-state index contributed by atoms with van der Waals surface area (Å²) < 4.78 is 5.52. The summed E-state index contributed by atoms with van der Waals surface area (Å²) in [6.07, 6.45) is 2.42. The van der Waals surface area contributed by atoms with Crippen LogP contribution in [0.3, 0.4) is 0 Å². The summed E-state index contributed by atoms with van der Waals surface area (Å²) in [5.41, 5.74) is 6.45. The molecule has 72 valence electrons. The van der Waals surface area contributed by atoms with Crippen LogP contribution in [0.2, 0.25) is 0 Å². The zero-order chi connectivity index (χ0) is 9.80. The molecule has 0 bridgehead atoms. The largest absolute Gasteiger partial charge is 0.441 e. The SMILES string of the molecule is NCCc1ncc(-c2ccccc2)o1. The van der Waals surface area contributed by atoms with E-state index >= 15 is 0 Å². The molecule has 0 aliphatic heterocycles. The second kappa shape index (κ2) is 4.07. The Balaban J connectivity index is 2.25. The average molecular weight is 188 g/mol. The number of benzene rings is 1. The van der Waals surface area contributed by atoms with E-state index in [9.17, 15) is 0 Å². The summed E-state index contributed by atoms with van der Waals surface area (Å²) in [5, 5.41) is 0. The standard InChI is InChI=1S/C11H12N2O/c12-7-6-11-13-8-10(14-11)9-4-2-1-3-5-9/h1-5,8H,6-7,12H2. The van der Waals surface area contributed by atoms with E-state index in [4.69, 9.17) is 10.2 Å². The number of aromatic nitrogens is 1. The van der Waals surface area contributed by atoms with Crippen LogP contribution in [0.25, 0.3) is 11.3 Å².